The maximum Gasteiger partial charge on any atom is 0.222 e. The Morgan fingerprint density at radius 2 is 2.00 bits per heavy atom. The Morgan fingerprint density at radius 1 is 1.18 bits per heavy atom. The fourth-order valence-corrected chi connectivity index (χ4v) is 10.5. The Bertz CT molecular complexity index is 955. The number of thiophene rings is 1. The minimum atomic E-state index is 0.326. The minimum Gasteiger partial charge on any atom is -0.342 e. The molecule has 1 aromatic rings. The average Bonchev–Trinajstić information content (AvgIpc) is 3.53. The van der Waals surface area contributed by atoms with E-state index in [0.29, 0.717) is 29.2 Å². The number of hydrogen-bond donors (Lipinski definition) is 0. The van der Waals surface area contributed by atoms with E-state index in [-0.39, 0.29) is 0 Å². The van der Waals surface area contributed by atoms with Gasteiger partial charge >= 0.3 is 0 Å². The van der Waals surface area contributed by atoms with E-state index in [1.807, 2.05) is 0 Å². The lowest BCUT2D eigenvalue weighted by atomic mass is 9.47. The Hall–Kier alpha value is -1.13. The third-order valence-corrected chi connectivity index (χ3v) is 12.7. The molecule has 5 aliphatic rings. The number of hydrogen-bond acceptors (Lipinski definition) is 3. The molecule has 4 fully saturated rings. The van der Waals surface area contributed by atoms with Gasteiger partial charge in [0.05, 0.1) is 0 Å². The number of rotatable bonds is 4. The predicted octanol–water partition coefficient (Wildman–Crippen LogP) is 6.40. The molecule has 8 atom stereocenters. The van der Waals surface area contributed by atoms with Gasteiger partial charge < -0.3 is 9.80 Å². The summed E-state index contributed by atoms with van der Waals surface area (Å²) in [6.07, 6.45) is 14.9. The van der Waals surface area contributed by atoms with Gasteiger partial charge in [-0.3, -0.25) is 4.79 Å². The molecule has 1 saturated heterocycles. The molecule has 3 nitrogen and oxygen atoms in total. The van der Waals surface area contributed by atoms with E-state index in [1.54, 1.807) is 16.9 Å². The van der Waals surface area contributed by atoms with E-state index in [9.17, 15) is 4.79 Å². The zero-order chi connectivity index (χ0) is 23.7. The second-order valence-corrected chi connectivity index (χ2v) is 13.9. The zero-order valence-electron chi connectivity index (χ0n) is 21.8. The largest absolute Gasteiger partial charge is 0.342 e. The summed E-state index contributed by atoms with van der Waals surface area (Å²) in [5.74, 6) is 3.97. The molecule has 0 aromatic carbocycles. The first-order valence-electron chi connectivity index (χ1n) is 14.0. The van der Waals surface area contributed by atoms with Crippen LogP contribution in [0.3, 0.4) is 0 Å². The second-order valence-electron chi connectivity index (χ2n) is 12.9. The van der Waals surface area contributed by atoms with E-state index in [0.717, 1.165) is 42.6 Å². The van der Waals surface area contributed by atoms with Crippen LogP contribution in [-0.4, -0.2) is 48.4 Å². The van der Waals surface area contributed by atoms with Crippen LogP contribution in [0.1, 0.15) is 76.5 Å². The van der Waals surface area contributed by atoms with Crippen LogP contribution < -0.4 is 0 Å². The average molecular weight is 481 g/mol. The number of likely N-dealkylation sites (tertiary alicyclic amines) is 1. The van der Waals surface area contributed by atoms with Crippen molar-refractivity contribution in [2.45, 2.75) is 90.1 Å². The number of fused-ring (bicyclic) bond motifs is 4. The van der Waals surface area contributed by atoms with Crippen molar-refractivity contribution in [3.8, 4) is 0 Å². The monoisotopic (exact) mass is 480 g/mol. The van der Waals surface area contributed by atoms with Gasteiger partial charge in [0.2, 0.25) is 5.91 Å². The van der Waals surface area contributed by atoms with Crippen LogP contribution in [0.25, 0.3) is 0 Å². The summed E-state index contributed by atoms with van der Waals surface area (Å²) in [6.45, 7) is 6.45. The number of amides is 1. The molecule has 1 amide bonds. The molecule has 0 N–H and O–H groups in total. The molecule has 1 aromatic heterocycles. The SMILES string of the molecule is CC1C2CCC3C4CC=C5CC(N(C)C(=O)CCc6cccs6)CCC5(C)C4CCC32CN1C. The molecule has 1 aliphatic heterocycles. The first kappa shape index (κ1) is 23.3. The molecule has 1 spiro atoms. The van der Waals surface area contributed by atoms with Gasteiger partial charge in [0.15, 0.2) is 0 Å². The Labute approximate surface area is 211 Å². The Kier molecular flexibility index (Phi) is 5.80. The summed E-state index contributed by atoms with van der Waals surface area (Å²) in [4.78, 5) is 19.1. The lowest BCUT2D eigenvalue weighted by Gasteiger charge is -2.58. The van der Waals surface area contributed by atoms with Crippen LogP contribution in [0.5, 0.6) is 0 Å². The van der Waals surface area contributed by atoms with Crippen LogP contribution in [0, 0.1) is 34.5 Å². The minimum absolute atomic E-state index is 0.326. The summed E-state index contributed by atoms with van der Waals surface area (Å²) in [5, 5.41) is 2.11. The molecular formula is C30H44N2OS. The van der Waals surface area contributed by atoms with E-state index < -0.39 is 0 Å². The zero-order valence-corrected chi connectivity index (χ0v) is 22.6. The first-order chi connectivity index (χ1) is 16.3. The maximum absolute atomic E-state index is 13.0. The number of carbonyl (C=O) groups is 1. The van der Waals surface area contributed by atoms with E-state index >= 15 is 0 Å². The molecule has 3 saturated carbocycles. The highest BCUT2D eigenvalue weighted by atomic mass is 32.1. The number of allylic oxidation sites excluding steroid dienone is 1. The highest BCUT2D eigenvalue weighted by Crippen LogP contribution is 2.68. The van der Waals surface area contributed by atoms with Gasteiger partial charge in [-0.1, -0.05) is 24.6 Å². The van der Waals surface area contributed by atoms with Crippen LogP contribution in [0.4, 0.5) is 0 Å². The third-order valence-electron chi connectivity index (χ3n) is 11.8. The van der Waals surface area contributed by atoms with Gasteiger partial charge in [-0.05, 0) is 118 Å². The van der Waals surface area contributed by atoms with Crippen molar-refractivity contribution in [2.75, 3.05) is 20.6 Å². The standard InChI is InChI=1S/C30H44N2OS/c1-20-25-10-11-27-24-9-7-21-18-22(32(4)28(33)12-8-23-6-5-17-34-23)13-15-29(21,2)26(24)14-16-30(25,27)19-31(20)3/h5-7,17,20,22,24-27H,8-16,18-19H2,1-4H3. The molecule has 0 bridgehead atoms. The topological polar surface area (TPSA) is 23.6 Å². The van der Waals surface area contributed by atoms with Crippen molar-refractivity contribution >= 4 is 17.2 Å². The summed E-state index contributed by atoms with van der Waals surface area (Å²) < 4.78 is 0. The summed E-state index contributed by atoms with van der Waals surface area (Å²) in [6, 6.07) is 5.40. The van der Waals surface area contributed by atoms with Crippen molar-refractivity contribution in [3.63, 3.8) is 0 Å². The van der Waals surface area contributed by atoms with E-state index in [2.05, 4.69) is 61.3 Å². The molecule has 4 heteroatoms. The van der Waals surface area contributed by atoms with Crippen LogP contribution in [0.15, 0.2) is 29.2 Å². The third kappa shape index (κ3) is 3.41. The van der Waals surface area contributed by atoms with Gasteiger partial charge in [0, 0.05) is 37.0 Å². The van der Waals surface area contributed by atoms with Crippen LogP contribution >= 0.6 is 11.3 Å². The van der Waals surface area contributed by atoms with Crippen molar-refractivity contribution in [1.82, 2.24) is 9.80 Å². The summed E-state index contributed by atoms with van der Waals surface area (Å²) in [5.41, 5.74) is 2.69. The molecule has 4 aliphatic carbocycles. The van der Waals surface area contributed by atoms with E-state index in [4.69, 9.17) is 0 Å². The van der Waals surface area contributed by atoms with Crippen molar-refractivity contribution in [1.29, 1.82) is 0 Å². The van der Waals surface area contributed by atoms with Crippen molar-refractivity contribution in [2.24, 2.45) is 34.5 Å². The number of carbonyl (C=O) groups excluding carboxylic acids is 1. The van der Waals surface area contributed by atoms with Crippen LogP contribution in [0.2, 0.25) is 0 Å². The van der Waals surface area contributed by atoms with Gasteiger partial charge in [0.1, 0.15) is 0 Å². The molecule has 2 heterocycles. The molecular weight excluding hydrogens is 436 g/mol. The number of nitrogens with zero attached hydrogens (tertiary/aromatic N) is 2. The Morgan fingerprint density at radius 3 is 2.79 bits per heavy atom. The predicted molar refractivity (Wildman–Crippen MR) is 141 cm³/mol. The highest BCUT2D eigenvalue weighted by molar-refractivity contribution is 7.09. The van der Waals surface area contributed by atoms with Crippen molar-refractivity contribution in [3.05, 3.63) is 34.0 Å². The molecule has 186 valence electrons. The smallest absolute Gasteiger partial charge is 0.222 e. The quantitative estimate of drug-likeness (QED) is 0.466. The van der Waals surface area contributed by atoms with Gasteiger partial charge in [-0.2, -0.15) is 0 Å². The lowest BCUT2D eigenvalue weighted by molar-refractivity contribution is -0.133. The normalized spacial score (nSPS) is 43.5. The maximum atomic E-state index is 13.0. The summed E-state index contributed by atoms with van der Waals surface area (Å²) in [7, 11) is 4.44. The molecule has 34 heavy (non-hydrogen) atoms. The first-order valence-corrected chi connectivity index (χ1v) is 14.9. The Balaban J connectivity index is 1.16. The van der Waals surface area contributed by atoms with E-state index in [1.165, 1.54) is 56.4 Å². The fraction of sp³-hybridized carbons (Fsp3) is 0.767. The second kappa shape index (κ2) is 8.47. The summed E-state index contributed by atoms with van der Waals surface area (Å²) >= 11 is 1.77. The molecule has 8 unspecified atom stereocenters. The van der Waals surface area contributed by atoms with Crippen LogP contribution in [-0.2, 0) is 11.2 Å². The molecule has 0 radical (unpaired) electrons. The fourth-order valence-electron chi connectivity index (χ4n) is 9.84. The van der Waals surface area contributed by atoms with Gasteiger partial charge in [0.25, 0.3) is 0 Å². The lowest BCUT2D eigenvalue weighted by Crippen LogP contribution is -2.53. The van der Waals surface area contributed by atoms with Gasteiger partial charge in [-0.15, -0.1) is 11.3 Å². The number of aryl methyl sites for hydroxylation is 1. The van der Waals surface area contributed by atoms with Crippen molar-refractivity contribution < 1.29 is 4.79 Å². The van der Waals surface area contributed by atoms with Gasteiger partial charge in [-0.25, -0.2) is 0 Å². The molecule has 6 rings (SSSR count). The highest BCUT2D eigenvalue weighted by Gasteiger charge is 2.64.